The number of hydrogen-bond acceptors (Lipinski definition) is 1. The SMILES string of the molecule is CCCNC(c1ccc(Br)cc1)c1cc(C)ccc1F. The highest BCUT2D eigenvalue weighted by molar-refractivity contribution is 9.10. The van der Waals surface area contributed by atoms with Crippen LogP contribution in [0.1, 0.15) is 36.1 Å². The zero-order valence-corrected chi connectivity index (χ0v) is 13.4. The Kier molecular flexibility index (Phi) is 5.32. The summed E-state index contributed by atoms with van der Waals surface area (Å²) < 4.78 is 15.2. The third kappa shape index (κ3) is 3.68. The fourth-order valence-electron chi connectivity index (χ4n) is 2.24. The van der Waals surface area contributed by atoms with Crippen molar-refractivity contribution in [3.63, 3.8) is 0 Å². The van der Waals surface area contributed by atoms with E-state index in [9.17, 15) is 4.39 Å². The minimum atomic E-state index is -0.160. The van der Waals surface area contributed by atoms with Crippen molar-refractivity contribution in [3.05, 3.63) is 69.4 Å². The zero-order valence-electron chi connectivity index (χ0n) is 11.8. The highest BCUT2D eigenvalue weighted by Crippen LogP contribution is 2.26. The van der Waals surface area contributed by atoms with Crippen LogP contribution in [-0.4, -0.2) is 6.54 Å². The second-order valence-electron chi connectivity index (χ2n) is 4.96. The minimum absolute atomic E-state index is 0.108. The molecule has 0 heterocycles. The smallest absolute Gasteiger partial charge is 0.128 e. The van der Waals surface area contributed by atoms with Gasteiger partial charge in [-0.25, -0.2) is 4.39 Å². The zero-order chi connectivity index (χ0) is 14.5. The first kappa shape index (κ1) is 15.2. The van der Waals surface area contributed by atoms with Crippen LogP contribution in [-0.2, 0) is 0 Å². The summed E-state index contributed by atoms with van der Waals surface area (Å²) in [5.74, 6) is -0.160. The van der Waals surface area contributed by atoms with Gasteiger partial charge < -0.3 is 5.32 Å². The van der Waals surface area contributed by atoms with Gasteiger partial charge in [0, 0.05) is 10.0 Å². The summed E-state index contributed by atoms with van der Waals surface area (Å²) in [6.45, 7) is 4.95. The molecule has 1 atom stereocenters. The third-order valence-electron chi connectivity index (χ3n) is 3.26. The molecule has 0 aliphatic rings. The Balaban J connectivity index is 2.41. The molecule has 0 aromatic heterocycles. The monoisotopic (exact) mass is 335 g/mol. The molecule has 0 spiro atoms. The lowest BCUT2D eigenvalue weighted by atomic mass is 9.96. The van der Waals surface area contributed by atoms with Gasteiger partial charge in [0.15, 0.2) is 0 Å². The maximum atomic E-state index is 14.2. The molecule has 1 N–H and O–H groups in total. The van der Waals surface area contributed by atoms with E-state index in [0.717, 1.165) is 28.6 Å². The van der Waals surface area contributed by atoms with Gasteiger partial charge in [-0.3, -0.25) is 0 Å². The normalized spacial score (nSPS) is 12.4. The minimum Gasteiger partial charge on any atom is -0.306 e. The topological polar surface area (TPSA) is 12.0 Å². The van der Waals surface area contributed by atoms with E-state index in [-0.39, 0.29) is 11.9 Å². The lowest BCUT2D eigenvalue weighted by Crippen LogP contribution is -2.24. The van der Waals surface area contributed by atoms with Crippen LogP contribution >= 0.6 is 15.9 Å². The molecule has 0 bridgehead atoms. The fraction of sp³-hybridized carbons (Fsp3) is 0.294. The largest absolute Gasteiger partial charge is 0.306 e. The van der Waals surface area contributed by atoms with Crippen molar-refractivity contribution in [2.75, 3.05) is 6.54 Å². The Morgan fingerprint density at radius 1 is 1.15 bits per heavy atom. The third-order valence-corrected chi connectivity index (χ3v) is 3.79. The maximum absolute atomic E-state index is 14.2. The summed E-state index contributed by atoms with van der Waals surface area (Å²) in [5, 5.41) is 3.43. The van der Waals surface area contributed by atoms with Crippen LogP contribution in [0.4, 0.5) is 4.39 Å². The van der Waals surface area contributed by atoms with Gasteiger partial charge in [0.25, 0.3) is 0 Å². The van der Waals surface area contributed by atoms with Crippen LogP contribution in [0, 0.1) is 12.7 Å². The molecule has 0 radical (unpaired) electrons. The quantitative estimate of drug-likeness (QED) is 0.811. The van der Waals surface area contributed by atoms with Crippen LogP contribution in [0.5, 0.6) is 0 Å². The molecule has 106 valence electrons. The van der Waals surface area contributed by atoms with E-state index < -0.39 is 0 Å². The molecule has 2 aromatic carbocycles. The Morgan fingerprint density at radius 3 is 2.50 bits per heavy atom. The van der Waals surface area contributed by atoms with Crippen molar-refractivity contribution in [2.24, 2.45) is 0 Å². The van der Waals surface area contributed by atoms with Crippen molar-refractivity contribution in [3.8, 4) is 0 Å². The first-order valence-electron chi connectivity index (χ1n) is 6.86. The van der Waals surface area contributed by atoms with E-state index in [2.05, 4.69) is 28.2 Å². The van der Waals surface area contributed by atoms with Gasteiger partial charge in [0.05, 0.1) is 6.04 Å². The van der Waals surface area contributed by atoms with Crippen molar-refractivity contribution >= 4 is 15.9 Å². The fourth-order valence-corrected chi connectivity index (χ4v) is 2.50. The van der Waals surface area contributed by atoms with E-state index >= 15 is 0 Å². The van der Waals surface area contributed by atoms with E-state index in [1.807, 2.05) is 37.3 Å². The molecule has 0 amide bonds. The van der Waals surface area contributed by atoms with Crippen molar-refractivity contribution < 1.29 is 4.39 Å². The number of benzene rings is 2. The van der Waals surface area contributed by atoms with Crippen LogP contribution in [0.25, 0.3) is 0 Å². The average molecular weight is 336 g/mol. The van der Waals surface area contributed by atoms with Crippen molar-refractivity contribution in [1.82, 2.24) is 5.32 Å². The lowest BCUT2D eigenvalue weighted by molar-refractivity contribution is 0.546. The van der Waals surface area contributed by atoms with Gasteiger partial charge in [-0.15, -0.1) is 0 Å². The van der Waals surface area contributed by atoms with Gasteiger partial charge in [-0.1, -0.05) is 52.7 Å². The van der Waals surface area contributed by atoms with Crippen LogP contribution in [0.15, 0.2) is 46.9 Å². The van der Waals surface area contributed by atoms with Crippen molar-refractivity contribution in [2.45, 2.75) is 26.3 Å². The average Bonchev–Trinajstić information content (AvgIpc) is 2.44. The van der Waals surface area contributed by atoms with Gasteiger partial charge in [-0.2, -0.15) is 0 Å². The predicted octanol–water partition coefficient (Wildman–Crippen LogP) is 4.99. The Bertz CT molecular complexity index is 566. The summed E-state index contributed by atoms with van der Waals surface area (Å²) >= 11 is 3.44. The molecular weight excluding hydrogens is 317 g/mol. The second-order valence-corrected chi connectivity index (χ2v) is 5.88. The molecule has 0 fully saturated rings. The molecule has 0 saturated heterocycles. The summed E-state index contributed by atoms with van der Waals surface area (Å²) in [7, 11) is 0. The number of hydrogen-bond donors (Lipinski definition) is 1. The molecule has 2 aromatic rings. The molecule has 1 unspecified atom stereocenters. The van der Waals surface area contributed by atoms with Gasteiger partial charge >= 0.3 is 0 Å². The Hall–Kier alpha value is -1.19. The number of halogens is 2. The van der Waals surface area contributed by atoms with Crippen LogP contribution < -0.4 is 5.32 Å². The van der Waals surface area contributed by atoms with E-state index in [0.29, 0.717) is 5.56 Å². The lowest BCUT2D eigenvalue weighted by Gasteiger charge is -2.21. The molecule has 3 heteroatoms. The molecule has 1 nitrogen and oxygen atoms in total. The number of aryl methyl sites for hydroxylation is 1. The molecule has 2 rings (SSSR count). The van der Waals surface area contributed by atoms with Crippen molar-refractivity contribution in [1.29, 1.82) is 0 Å². The van der Waals surface area contributed by atoms with Crippen LogP contribution in [0.3, 0.4) is 0 Å². The van der Waals surface area contributed by atoms with Gasteiger partial charge in [0.1, 0.15) is 5.82 Å². The van der Waals surface area contributed by atoms with Crippen LogP contribution in [0.2, 0.25) is 0 Å². The maximum Gasteiger partial charge on any atom is 0.128 e. The molecule has 0 aliphatic heterocycles. The molecule has 0 saturated carbocycles. The Labute approximate surface area is 128 Å². The molecular formula is C17H19BrFN. The van der Waals surface area contributed by atoms with Gasteiger partial charge in [-0.05, 0) is 43.7 Å². The highest BCUT2D eigenvalue weighted by Gasteiger charge is 2.17. The first-order chi connectivity index (χ1) is 9.61. The molecule has 0 aliphatic carbocycles. The number of nitrogens with one attached hydrogen (secondary N) is 1. The summed E-state index contributed by atoms with van der Waals surface area (Å²) in [6, 6.07) is 13.2. The summed E-state index contributed by atoms with van der Waals surface area (Å²) in [5.41, 5.74) is 2.86. The first-order valence-corrected chi connectivity index (χ1v) is 7.66. The van der Waals surface area contributed by atoms with Gasteiger partial charge in [0.2, 0.25) is 0 Å². The van der Waals surface area contributed by atoms with E-state index in [4.69, 9.17) is 0 Å². The predicted molar refractivity (Wildman–Crippen MR) is 85.4 cm³/mol. The summed E-state index contributed by atoms with van der Waals surface area (Å²) in [4.78, 5) is 0. The summed E-state index contributed by atoms with van der Waals surface area (Å²) in [6.07, 6.45) is 1.01. The standard InChI is InChI=1S/C17H19BrFN/c1-3-10-20-17(13-5-7-14(18)8-6-13)15-11-12(2)4-9-16(15)19/h4-9,11,17,20H,3,10H2,1-2H3. The second kappa shape index (κ2) is 7.00. The van der Waals surface area contributed by atoms with E-state index in [1.54, 1.807) is 12.1 Å². The number of rotatable bonds is 5. The highest BCUT2D eigenvalue weighted by atomic mass is 79.9. The Morgan fingerprint density at radius 2 is 1.85 bits per heavy atom. The molecule has 20 heavy (non-hydrogen) atoms. The van der Waals surface area contributed by atoms with E-state index in [1.165, 1.54) is 0 Å².